The molecule has 0 saturated heterocycles. The van der Waals surface area contributed by atoms with E-state index in [1.165, 1.54) is 6.07 Å². The molecule has 0 fully saturated rings. The number of hydrogen-bond acceptors (Lipinski definition) is 8. The lowest BCUT2D eigenvalue weighted by molar-refractivity contribution is 0.197. The van der Waals surface area contributed by atoms with Gasteiger partial charge in [-0.05, 0) is 42.2 Å². The van der Waals surface area contributed by atoms with Crippen molar-refractivity contribution in [1.82, 2.24) is 14.8 Å². The second-order valence-corrected chi connectivity index (χ2v) is 7.80. The van der Waals surface area contributed by atoms with E-state index in [4.69, 9.17) is 9.47 Å². The van der Waals surface area contributed by atoms with Gasteiger partial charge in [-0.1, -0.05) is 13.8 Å². The normalized spacial score (nSPS) is 11.2. The summed E-state index contributed by atoms with van der Waals surface area (Å²) in [4.78, 5) is 0. The number of nitrogens with zero attached hydrogens (tertiary/aromatic N) is 3. The molecule has 0 spiro atoms. The number of ether oxygens (including phenoxy) is 2. The first kappa shape index (κ1) is 22.8. The van der Waals surface area contributed by atoms with Crippen LogP contribution in [0.2, 0.25) is 0 Å². The maximum absolute atomic E-state index is 10.5. The topological polar surface area (TPSA) is 102 Å². The lowest BCUT2D eigenvalue weighted by atomic mass is 9.98. The number of thiol groups is 1. The molecule has 2 aromatic carbocycles. The maximum Gasteiger partial charge on any atom is 0.193 e. The Hall–Kier alpha value is -2.91. The van der Waals surface area contributed by atoms with E-state index in [9.17, 15) is 10.2 Å². The number of nitrogens with one attached hydrogen (secondary N) is 1. The third-order valence-corrected chi connectivity index (χ3v) is 5.23. The van der Waals surface area contributed by atoms with Gasteiger partial charge in [0.15, 0.2) is 11.0 Å². The Morgan fingerprint density at radius 2 is 1.87 bits per heavy atom. The van der Waals surface area contributed by atoms with Crippen LogP contribution in [-0.2, 0) is 4.74 Å². The number of hydrogen-bond donors (Lipinski definition) is 4. The Balaban J connectivity index is 2.06. The summed E-state index contributed by atoms with van der Waals surface area (Å²) >= 11 is 4.47. The number of anilines is 1. The summed E-state index contributed by atoms with van der Waals surface area (Å²) in [5, 5.41) is 32.8. The highest BCUT2D eigenvalue weighted by atomic mass is 32.1. The SMILES string of the molecule is COCCCNc1cc(-n2c(S)nnc2-c2cc(C(C)C)c(O)cc2O)ccc1OC. The van der Waals surface area contributed by atoms with Gasteiger partial charge in [0.2, 0.25) is 0 Å². The molecule has 3 N–H and O–H groups in total. The van der Waals surface area contributed by atoms with E-state index in [1.807, 2.05) is 32.0 Å². The molecule has 3 aromatic rings. The zero-order valence-corrected chi connectivity index (χ0v) is 19.0. The van der Waals surface area contributed by atoms with Gasteiger partial charge >= 0.3 is 0 Å². The van der Waals surface area contributed by atoms with Gasteiger partial charge in [-0.15, -0.1) is 22.8 Å². The fraction of sp³-hybridized carbons (Fsp3) is 0.364. The molecule has 0 radical (unpaired) electrons. The summed E-state index contributed by atoms with van der Waals surface area (Å²) in [5.74, 6) is 1.14. The fourth-order valence-electron chi connectivity index (χ4n) is 3.34. The zero-order valence-electron chi connectivity index (χ0n) is 18.1. The first-order valence-electron chi connectivity index (χ1n) is 9.99. The van der Waals surface area contributed by atoms with Gasteiger partial charge in [0.25, 0.3) is 0 Å². The third kappa shape index (κ3) is 4.88. The van der Waals surface area contributed by atoms with E-state index >= 15 is 0 Å². The van der Waals surface area contributed by atoms with E-state index in [0.717, 1.165) is 17.8 Å². The van der Waals surface area contributed by atoms with Crippen molar-refractivity contribution in [1.29, 1.82) is 0 Å². The molecule has 8 nitrogen and oxygen atoms in total. The maximum atomic E-state index is 10.5. The molecule has 1 aromatic heterocycles. The Morgan fingerprint density at radius 3 is 2.55 bits per heavy atom. The summed E-state index contributed by atoms with van der Waals surface area (Å²) in [5.41, 5.74) is 2.72. The van der Waals surface area contributed by atoms with Crippen molar-refractivity contribution < 1.29 is 19.7 Å². The van der Waals surface area contributed by atoms with Gasteiger partial charge in [0.1, 0.15) is 17.2 Å². The number of phenols is 2. The molecule has 0 aliphatic rings. The smallest absolute Gasteiger partial charge is 0.193 e. The molecule has 0 bridgehead atoms. The third-order valence-electron chi connectivity index (χ3n) is 4.94. The second kappa shape index (κ2) is 9.93. The number of methoxy groups -OCH3 is 2. The van der Waals surface area contributed by atoms with E-state index in [-0.39, 0.29) is 17.4 Å². The molecular formula is C22H28N4O4S. The van der Waals surface area contributed by atoms with Crippen molar-refractivity contribution in [2.45, 2.75) is 31.3 Å². The predicted molar refractivity (Wildman–Crippen MR) is 123 cm³/mol. The molecule has 0 amide bonds. The highest BCUT2D eigenvalue weighted by Crippen LogP contribution is 2.39. The number of aromatic nitrogens is 3. The summed E-state index contributed by atoms with van der Waals surface area (Å²) in [6, 6.07) is 8.70. The van der Waals surface area contributed by atoms with Crippen LogP contribution in [0, 0.1) is 0 Å². The van der Waals surface area contributed by atoms with Crippen LogP contribution in [0.4, 0.5) is 5.69 Å². The van der Waals surface area contributed by atoms with Gasteiger partial charge < -0.3 is 25.0 Å². The van der Waals surface area contributed by atoms with Crippen molar-refractivity contribution in [2.24, 2.45) is 0 Å². The first-order chi connectivity index (χ1) is 14.9. The standard InChI is InChI=1S/C22H28N4O4S/c1-13(2)15-11-16(19(28)12-18(15)27)21-24-25-22(31)26(21)14-6-7-20(30-4)17(10-14)23-8-5-9-29-3/h6-7,10-13,23,27-28H,5,8-9H2,1-4H3,(H,25,31). The molecule has 31 heavy (non-hydrogen) atoms. The molecular weight excluding hydrogens is 416 g/mol. The predicted octanol–water partition coefficient (Wildman–Crippen LogP) is 4.21. The lowest BCUT2D eigenvalue weighted by Gasteiger charge is -2.16. The Labute approximate surface area is 187 Å². The highest BCUT2D eigenvalue weighted by molar-refractivity contribution is 7.80. The minimum atomic E-state index is -0.0877. The van der Waals surface area contributed by atoms with Crippen molar-refractivity contribution in [3.8, 4) is 34.3 Å². The van der Waals surface area contributed by atoms with Crippen LogP contribution in [0.1, 0.15) is 31.7 Å². The summed E-state index contributed by atoms with van der Waals surface area (Å²) in [6.07, 6.45) is 0.846. The van der Waals surface area contributed by atoms with E-state index in [2.05, 4.69) is 28.1 Å². The van der Waals surface area contributed by atoms with E-state index < -0.39 is 0 Å². The highest BCUT2D eigenvalue weighted by Gasteiger charge is 2.20. The van der Waals surface area contributed by atoms with E-state index in [1.54, 1.807) is 24.9 Å². The molecule has 0 aliphatic heterocycles. The van der Waals surface area contributed by atoms with Crippen molar-refractivity contribution >= 4 is 18.3 Å². The zero-order chi connectivity index (χ0) is 22.5. The molecule has 166 valence electrons. The molecule has 3 rings (SSSR count). The molecule has 0 saturated carbocycles. The monoisotopic (exact) mass is 444 g/mol. The average Bonchev–Trinajstić information content (AvgIpc) is 3.12. The van der Waals surface area contributed by atoms with Crippen molar-refractivity contribution in [3.05, 3.63) is 35.9 Å². The van der Waals surface area contributed by atoms with Crippen LogP contribution >= 0.6 is 12.6 Å². The quantitative estimate of drug-likeness (QED) is 0.290. The van der Waals surface area contributed by atoms with Gasteiger partial charge in [-0.2, -0.15) is 0 Å². The van der Waals surface area contributed by atoms with Crippen LogP contribution in [0.3, 0.4) is 0 Å². The average molecular weight is 445 g/mol. The van der Waals surface area contributed by atoms with Crippen molar-refractivity contribution in [2.75, 3.05) is 32.7 Å². The Morgan fingerprint density at radius 1 is 1.10 bits per heavy atom. The first-order valence-corrected chi connectivity index (χ1v) is 10.4. The second-order valence-electron chi connectivity index (χ2n) is 7.40. The largest absolute Gasteiger partial charge is 0.508 e. The molecule has 9 heteroatoms. The van der Waals surface area contributed by atoms with E-state index in [0.29, 0.717) is 41.0 Å². The molecule has 1 heterocycles. The van der Waals surface area contributed by atoms with Gasteiger partial charge in [0, 0.05) is 26.3 Å². The molecule has 0 aliphatic carbocycles. The van der Waals surface area contributed by atoms with Crippen molar-refractivity contribution in [3.63, 3.8) is 0 Å². The Kier molecular flexibility index (Phi) is 7.29. The van der Waals surface area contributed by atoms with Crippen LogP contribution in [-0.4, -0.2) is 52.3 Å². The van der Waals surface area contributed by atoms with Gasteiger partial charge in [-0.3, -0.25) is 4.57 Å². The molecule has 0 unspecified atom stereocenters. The van der Waals surface area contributed by atoms with Crippen LogP contribution in [0.5, 0.6) is 17.2 Å². The number of aromatic hydroxyl groups is 2. The lowest BCUT2D eigenvalue weighted by Crippen LogP contribution is -2.07. The Bertz CT molecular complexity index is 1050. The fourth-order valence-corrected chi connectivity index (χ4v) is 3.59. The van der Waals surface area contributed by atoms with Gasteiger partial charge in [-0.25, -0.2) is 0 Å². The number of benzene rings is 2. The van der Waals surface area contributed by atoms with Crippen LogP contribution in [0.15, 0.2) is 35.5 Å². The number of phenolic OH excluding ortho intramolecular Hbond substituents is 2. The molecule has 0 atom stereocenters. The minimum absolute atomic E-state index is 0.0420. The number of rotatable bonds is 9. The van der Waals surface area contributed by atoms with Crippen LogP contribution < -0.4 is 10.1 Å². The van der Waals surface area contributed by atoms with Crippen LogP contribution in [0.25, 0.3) is 17.1 Å². The summed E-state index contributed by atoms with van der Waals surface area (Å²) in [7, 11) is 3.29. The summed E-state index contributed by atoms with van der Waals surface area (Å²) < 4.78 is 12.3. The minimum Gasteiger partial charge on any atom is -0.508 e. The summed E-state index contributed by atoms with van der Waals surface area (Å²) in [6.45, 7) is 5.31. The van der Waals surface area contributed by atoms with Gasteiger partial charge in [0.05, 0.1) is 24.0 Å².